The molecule has 4 rings (SSSR count). The minimum atomic E-state index is -0.607. The largest absolute Gasteiger partial charge is 0.444 e. The van der Waals surface area contributed by atoms with E-state index in [1.54, 1.807) is 31.9 Å². The van der Waals surface area contributed by atoms with E-state index in [1.807, 2.05) is 13.1 Å². The predicted octanol–water partition coefficient (Wildman–Crippen LogP) is 4.79. The van der Waals surface area contributed by atoms with Gasteiger partial charge in [-0.15, -0.1) is 11.3 Å². The second kappa shape index (κ2) is 8.37. The number of aromatic nitrogens is 3. The van der Waals surface area contributed by atoms with Gasteiger partial charge in [-0.3, -0.25) is 14.6 Å². The van der Waals surface area contributed by atoms with Gasteiger partial charge in [0.25, 0.3) is 0 Å². The lowest BCUT2D eigenvalue weighted by atomic mass is 10.1. The van der Waals surface area contributed by atoms with Gasteiger partial charge >= 0.3 is 6.09 Å². The lowest BCUT2D eigenvalue weighted by Gasteiger charge is -2.34. The van der Waals surface area contributed by atoms with E-state index in [0.717, 1.165) is 39.2 Å². The van der Waals surface area contributed by atoms with E-state index >= 15 is 0 Å². The average molecular weight is 476 g/mol. The third kappa shape index (κ3) is 4.19. The molecule has 4 heterocycles. The zero-order valence-electron chi connectivity index (χ0n) is 18.8. The van der Waals surface area contributed by atoms with E-state index in [9.17, 15) is 9.59 Å². The topological polar surface area (TPSA) is 91.4 Å². The van der Waals surface area contributed by atoms with Crippen LogP contribution in [0, 0.1) is 6.92 Å². The number of rotatable bonds is 3. The van der Waals surface area contributed by atoms with Crippen molar-refractivity contribution >= 4 is 51.1 Å². The Balaban J connectivity index is 1.59. The molecule has 0 aliphatic carbocycles. The van der Waals surface area contributed by atoms with E-state index in [0.29, 0.717) is 23.2 Å². The van der Waals surface area contributed by atoms with Crippen molar-refractivity contribution in [2.45, 2.75) is 46.6 Å². The molecule has 8 nitrogen and oxygen atoms in total. The highest BCUT2D eigenvalue weighted by molar-refractivity contribution is 7.16. The van der Waals surface area contributed by atoms with Crippen LogP contribution in [0.2, 0.25) is 5.02 Å². The highest BCUT2D eigenvalue weighted by Gasteiger charge is 2.32. The number of ether oxygens (including phenoxy) is 1. The van der Waals surface area contributed by atoms with Crippen molar-refractivity contribution in [2.24, 2.45) is 0 Å². The summed E-state index contributed by atoms with van der Waals surface area (Å²) in [5.74, 6) is -0.194. The van der Waals surface area contributed by atoms with Crippen molar-refractivity contribution in [1.29, 1.82) is 0 Å². The fourth-order valence-electron chi connectivity index (χ4n) is 3.67. The Labute approximate surface area is 195 Å². The zero-order chi connectivity index (χ0) is 23.2. The lowest BCUT2D eigenvalue weighted by Crippen LogP contribution is -2.53. The van der Waals surface area contributed by atoms with Gasteiger partial charge in [-0.1, -0.05) is 18.5 Å². The molecule has 1 aliphatic heterocycles. The number of amides is 2. The number of aryl methyl sites for hydroxylation is 2. The molecule has 0 bridgehead atoms. The molecule has 10 heteroatoms. The summed E-state index contributed by atoms with van der Waals surface area (Å²) in [6.07, 6.45) is 4.00. The minimum Gasteiger partial charge on any atom is -0.444 e. The third-order valence-electron chi connectivity index (χ3n) is 5.24. The maximum Gasteiger partial charge on any atom is 0.410 e. The molecule has 0 saturated carbocycles. The number of nitrogens with one attached hydrogen (secondary N) is 1. The molecule has 170 valence electrons. The quantitative estimate of drug-likeness (QED) is 0.587. The summed E-state index contributed by atoms with van der Waals surface area (Å²) in [6, 6.07) is 0. The fourth-order valence-corrected chi connectivity index (χ4v) is 4.98. The Morgan fingerprint density at radius 3 is 2.75 bits per heavy atom. The molecule has 3 aromatic rings. The van der Waals surface area contributed by atoms with Crippen LogP contribution in [-0.4, -0.2) is 57.1 Å². The minimum absolute atomic E-state index is 0.0413. The van der Waals surface area contributed by atoms with Gasteiger partial charge in [0, 0.05) is 41.3 Å². The Hall–Kier alpha value is -2.65. The molecule has 1 saturated heterocycles. The number of aromatic amines is 1. The molecule has 0 aromatic carbocycles. The molecular formula is C22H26ClN5O3S. The van der Waals surface area contributed by atoms with Crippen molar-refractivity contribution in [1.82, 2.24) is 19.9 Å². The number of anilines is 1. The number of nitrogens with zero attached hydrogens (tertiary/aromatic N) is 4. The molecule has 0 spiro atoms. The number of pyridine rings is 1. The second-order valence-electron chi connectivity index (χ2n) is 8.73. The molecular weight excluding hydrogens is 450 g/mol. The van der Waals surface area contributed by atoms with E-state index in [1.165, 1.54) is 16.2 Å². The second-order valence-corrected chi connectivity index (χ2v) is 10.3. The first-order valence-corrected chi connectivity index (χ1v) is 11.7. The number of hydrogen-bond donors (Lipinski definition) is 1. The van der Waals surface area contributed by atoms with Gasteiger partial charge in [-0.2, -0.15) is 0 Å². The van der Waals surface area contributed by atoms with Crippen LogP contribution in [0.5, 0.6) is 0 Å². The first-order valence-electron chi connectivity index (χ1n) is 10.5. The van der Waals surface area contributed by atoms with Crippen LogP contribution in [0.15, 0.2) is 12.4 Å². The zero-order valence-corrected chi connectivity index (χ0v) is 20.4. The van der Waals surface area contributed by atoms with Gasteiger partial charge in [0.1, 0.15) is 17.8 Å². The Kier molecular flexibility index (Phi) is 5.89. The fraction of sp³-hybridized carbons (Fsp3) is 0.455. The van der Waals surface area contributed by atoms with E-state index in [4.69, 9.17) is 21.3 Å². The van der Waals surface area contributed by atoms with Crippen LogP contribution in [0.25, 0.3) is 22.3 Å². The van der Waals surface area contributed by atoms with Crippen LogP contribution >= 0.6 is 22.9 Å². The van der Waals surface area contributed by atoms with Gasteiger partial charge in [-0.25, -0.2) is 14.8 Å². The van der Waals surface area contributed by atoms with Crippen molar-refractivity contribution < 1.29 is 14.3 Å². The summed E-state index contributed by atoms with van der Waals surface area (Å²) >= 11 is 8.20. The monoisotopic (exact) mass is 475 g/mol. The number of H-pyrrole nitrogens is 1. The number of hydrogen-bond acceptors (Lipinski definition) is 6. The molecule has 0 atom stereocenters. The van der Waals surface area contributed by atoms with E-state index < -0.39 is 11.7 Å². The van der Waals surface area contributed by atoms with Gasteiger partial charge < -0.3 is 9.72 Å². The lowest BCUT2D eigenvalue weighted by molar-refractivity contribution is -0.121. The summed E-state index contributed by atoms with van der Waals surface area (Å²) in [6.45, 7) is 10.1. The summed E-state index contributed by atoms with van der Waals surface area (Å²) in [5.41, 5.74) is 2.70. The maximum atomic E-state index is 12.8. The third-order valence-corrected chi connectivity index (χ3v) is 6.63. The van der Waals surface area contributed by atoms with Crippen LogP contribution in [0.4, 0.5) is 9.93 Å². The number of fused-ring (bicyclic) bond motifs is 1. The standard InChI is InChI=1S/C22H26ClN5O3S/c1-6-13-9-24-19-16(13)17(23)14(10-25-19)18-12(2)32-20(26-18)28-8-7-27(11-15(28)29)21(30)31-22(3,4)5/h9-10H,6-8,11H2,1-5H3,(H,24,25). The molecule has 32 heavy (non-hydrogen) atoms. The molecule has 2 amide bonds. The molecule has 1 N–H and O–H groups in total. The molecule has 1 fully saturated rings. The first-order chi connectivity index (χ1) is 15.1. The predicted molar refractivity (Wildman–Crippen MR) is 126 cm³/mol. The van der Waals surface area contributed by atoms with Crippen molar-refractivity contribution in [3.8, 4) is 11.3 Å². The Morgan fingerprint density at radius 1 is 1.34 bits per heavy atom. The van der Waals surface area contributed by atoms with Crippen LogP contribution in [0.3, 0.4) is 0 Å². The number of carbonyl (C=O) groups is 2. The van der Waals surface area contributed by atoms with Crippen molar-refractivity contribution in [3.05, 3.63) is 27.9 Å². The Bertz CT molecular complexity index is 1200. The van der Waals surface area contributed by atoms with Crippen LogP contribution in [0.1, 0.15) is 38.1 Å². The van der Waals surface area contributed by atoms with Crippen LogP contribution < -0.4 is 4.90 Å². The first kappa shape index (κ1) is 22.5. The van der Waals surface area contributed by atoms with Gasteiger partial charge in [0.05, 0.1) is 10.7 Å². The number of halogens is 1. The highest BCUT2D eigenvalue weighted by atomic mass is 35.5. The van der Waals surface area contributed by atoms with E-state index in [2.05, 4.69) is 16.9 Å². The number of carbonyl (C=O) groups excluding carboxylic acids is 2. The summed E-state index contributed by atoms with van der Waals surface area (Å²) < 4.78 is 5.39. The van der Waals surface area contributed by atoms with Crippen molar-refractivity contribution in [2.75, 3.05) is 24.5 Å². The van der Waals surface area contributed by atoms with Gasteiger partial charge in [-0.05, 0) is 39.7 Å². The number of piperazine rings is 1. The van der Waals surface area contributed by atoms with Gasteiger partial charge in [0.15, 0.2) is 5.13 Å². The van der Waals surface area contributed by atoms with Gasteiger partial charge in [0.2, 0.25) is 5.91 Å². The summed E-state index contributed by atoms with van der Waals surface area (Å²) in [4.78, 5) is 41.5. The Morgan fingerprint density at radius 2 is 2.09 bits per heavy atom. The molecule has 1 aliphatic rings. The SMILES string of the molecule is CCc1c[nH]c2ncc(-c3nc(N4CCN(C(=O)OC(C)(C)C)CC4=O)sc3C)c(Cl)c12. The normalized spacial score (nSPS) is 15.0. The van der Waals surface area contributed by atoms with E-state index in [-0.39, 0.29) is 12.5 Å². The molecule has 0 unspecified atom stereocenters. The summed E-state index contributed by atoms with van der Waals surface area (Å²) in [5, 5.41) is 2.10. The highest BCUT2D eigenvalue weighted by Crippen LogP contribution is 2.39. The smallest absolute Gasteiger partial charge is 0.410 e. The number of thiazole rings is 1. The average Bonchev–Trinajstić information content (AvgIpc) is 3.30. The van der Waals surface area contributed by atoms with Crippen LogP contribution in [-0.2, 0) is 16.0 Å². The summed E-state index contributed by atoms with van der Waals surface area (Å²) in [7, 11) is 0. The maximum absolute atomic E-state index is 12.8. The molecule has 3 aromatic heterocycles. The molecule has 0 radical (unpaired) electrons. The van der Waals surface area contributed by atoms with Crippen molar-refractivity contribution in [3.63, 3.8) is 0 Å².